The van der Waals surface area contributed by atoms with Gasteiger partial charge >= 0.3 is 11.9 Å². The maximum Gasteiger partial charge on any atom is 0.338 e. The second-order valence-electron chi connectivity index (χ2n) is 5.18. The first-order valence-electron chi connectivity index (χ1n) is 7.22. The highest BCUT2D eigenvalue weighted by Crippen LogP contribution is 2.34. The van der Waals surface area contributed by atoms with Crippen LogP contribution in [0, 0.1) is 0 Å². The van der Waals surface area contributed by atoms with Crippen LogP contribution in [0.4, 0.5) is 5.69 Å². The highest BCUT2D eigenvalue weighted by atomic mass is 79.9. The smallest absolute Gasteiger partial charge is 0.338 e. The van der Waals surface area contributed by atoms with Gasteiger partial charge in [-0.2, -0.15) is 0 Å². The van der Waals surface area contributed by atoms with E-state index in [9.17, 15) is 22.8 Å². The molecule has 1 aromatic carbocycles. The third-order valence-electron chi connectivity index (χ3n) is 3.08. The van der Waals surface area contributed by atoms with Crippen LogP contribution in [0.3, 0.4) is 0 Å². The Labute approximate surface area is 171 Å². The lowest BCUT2D eigenvalue weighted by Crippen LogP contribution is -2.45. The highest BCUT2D eigenvalue weighted by molar-refractivity contribution is 8.93. The van der Waals surface area contributed by atoms with Crippen molar-refractivity contribution in [2.75, 3.05) is 18.1 Å². The molecule has 0 aliphatic carbocycles. The standard InChI is InChI=1S/C14H18ClN3O7S.BrH/c1-3-25-14(22)8-4-9(12(15)10(5-8)26(17,23)24)18(6-11(19)20)13(21)7(2)16;/h4-5,7H,3,6,16H2,1-2H3,(H,19,20)(H2,17,23,24);1H/t7-;/m0./s1. The van der Waals surface area contributed by atoms with Gasteiger partial charge in [-0.25, -0.2) is 18.4 Å². The number of halogens is 2. The molecule has 1 aromatic rings. The molecule has 10 nitrogen and oxygen atoms in total. The summed E-state index contributed by atoms with van der Waals surface area (Å²) in [6, 6.07) is 0.807. The van der Waals surface area contributed by atoms with E-state index in [-0.39, 0.29) is 34.8 Å². The maximum atomic E-state index is 12.3. The number of carboxylic acid groups (broad SMARTS) is 1. The zero-order valence-corrected chi connectivity index (χ0v) is 17.6. The van der Waals surface area contributed by atoms with Crippen LogP contribution in [0.2, 0.25) is 5.02 Å². The van der Waals surface area contributed by atoms with Crippen LogP contribution in [-0.2, 0) is 24.3 Å². The van der Waals surface area contributed by atoms with Gasteiger partial charge in [0.25, 0.3) is 0 Å². The molecule has 0 saturated heterocycles. The van der Waals surface area contributed by atoms with Crippen molar-refractivity contribution >= 4 is 62.1 Å². The number of amides is 1. The van der Waals surface area contributed by atoms with Crippen LogP contribution in [0.5, 0.6) is 0 Å². The van der Waals surface area contributed by atoms with Gasteiger partial charge in [-0.3, -0.25) is 14.5 Å². The van der Waals surface area contributed by atoms with E-state index >= 15 is 0 Å². The van der Waals surface area contributed by atoms with Crippen LogP contribution < -0.4 is 15.8 Å². The van der Waals surface area contributed by atoms with Crippen molar-refractivity contribution in [2.45, 2.75) is 24.8 Å². The maximum absolute atomic E-state index is 12.3. The molecule has 5 N–H and O–H groups in total. The molecule has 1 amide bonds. The van der Waals surface area contributed by atoms with Crippen molar-refractivity contribution in [3.8, 4) is 0 Å². The number of primary sulfonamides is 1. The Bertz CT molecular complexity index is 845. The molecular weight excluding hydrogens is 470 g/mol. The van der Waals surface area contributed by atoms with Gasteiger partial charge in [-0.1, -0.05) is 11.6 Å². The topological polar surface area (TPSA) is 170 Å². The molecule has 0 aliphatic heterocycles. The Balaban J connectivity index is 0.00000676. The Morgan fingerprint density at radius 2 is 1.89 bits per heavy atom. The molecule has 0 aliphatic rings. The van der Waals surface area contributed by atoms with Gasteiger partial charge in [0, 0.05) is 0 Å². The van der Waals surface area contributed by atoms with Crippen molar-refractivity contribution < 1.29 is 32.6 Å². The fourth-order valence-corrected chi connectivity index (χ4v) is 3.16. The van der Waals surface area contributed by atoms with Crippen LogP contribution in [0.1, 0.15) is 24.2 Å². The van der Waals surface area contributed by atoms with Crippen LogP contribution >= 0.6 is 28.6 Å². The first-order chi connectivity index (χ1) is 11.9. The van der Waals surface area contributed by atoms with Crippen molar-refractivity contribution in [1.82, 2.24) is 0 Å². The van der Waals surface area contributed by atoms with E-state index in [1.54, 1.807) is 0 Å². The number of sulfonamides is 1. The highest BCUT2D eigenvalue weighted by Gasteiger charge is 2.29. The molecular formula is C14H19BrClN3O7S. The summed E-state index contributed by atoms with van der Waals surface area (Å²) in [5, 5.41) is 13.6. The fraction of sp³-hybridized carbons (Fsp3) is 0.357. The first kappa shape index (κ1) is 25.3. The van der Waals surface area contributed by atoms with E-state index in [2.05, 4.69) is 0 Å². The number of nitrogens with zero attached hydrogens (tertiary/aromatic N) is 1. The number of ether oxygens (including phenoxy) is 1. The summed E-state index contributed by atoms with van der Waals surface area (Å²) in [6.07, 6.45) is 0. The number of hydrogen-bond acceptors (Lipinski definition) is 7. The summed E-state index contributed by atoms with van der Waals surface area (Å²) in [5.41, 5.74) is 4.89. The van der Waals surface area contributed by atoms with Gasteiger partial charge < -0.3 is 15.6 Å². The Kier molecular flexibility index (Phi) is 9.35. The quantitative estimate of drug-likeness (QED) is 0.466. The predicted molar refractivity (Wildman–Crippen MR) is 103 cm³/mol. The van der Waals surface area contributed by atoms with Crippen molar-refractivity contribution in [2.24, 2.45) is 10.9 Å². The van der Waals surface area contributed by atoms with Gasteiger partial charge in [0.05, 0.1) is 28.9 Å². The van der Waals surface area contributed by atoms with Gasteiger partial charge in [-0.05, 0) is 26.0 Å². The third-order valence-corrected chi connectivity index (χ3v) is 4.52. The molecule has 0 saturated carbocycles. The molecule has 0 spiro atoms. The number of aliphatic carboxylic acids is 1. The second-order valence-corrected chi connectivity index (χ2v) is 7.09. The average Bonchev–Trinajstić information content (AvgIpc) is 2.51. The number of anilines is 1. The molecule has 27 heavy (non-hydrogen) atoms. The first-order valence-corrected chi connectivity index (χ1v) is 9.14. The summed E-state index contributed by atoms with van der Waals surface area (Å²) in [4.78, 5) is 35.4. The van der Waals surface area contributed by atoms with Crippen LogP contribution in [0.15, 0.2) is 17.0 Å². The number of nitrogens with two attached hydrogens (primary N) is 2. The number of rotatable bonds is 7. The van der Waals surface area contributed by atoms with Crippen molar-refractivity contribution in [3.63, 3.8) is 0 Å². The third kappa shape index (κ3) is 6.43. The summed E-state index contributed by atoms with van der Waals surface area (Å²) in [7, 11) is -4.39. The number of hydrogen-bond donors (Lipinski definition) is 3. The monoisotopic (exact) mass is 487 g/mol. The normalized spacial score (nSPS) is 11.9. The Hall–Kier alpha value is -1.73. The molecule has 0 bridgehead atoms. The summed E-state index contributed by atoms with van der Waals surface area (Å²) >= 11 is 6.04. The molecule has 0 unspecified atom stereocenters. The van der Waals surface area contributed by atoms with Gasteiger partial charge in [-0.15, -0.1) is 17.0 Å². The lowest BCUT2D eigenvalue weighted by Gasteiger charge is -2.25. The molecule has 1 atom stereocenters. The van der Waals surface area contributed by atoms with Crippen molar-refractivity contribution in [3.05, 3.63) is 22.7 Å². The van der Waals surface area contributed by atoms with E-state index in [0.29, 0.717) is 4.90 Å². The van der Waals surface area contributed by atoms with Gasteiger partial charge in [0.1, 0.15) is 11.4 Å². The Morgan fingerprint density at radius 1 is 1.33 bits per heavy atom. The lowest BCUT2D eigenvalue weighted by molar-refractivity contribution is -0.136. The molecule has 152 valence electrons. The van der Waals surface area contributed by atoms with E-state index in [4.69, 9.17) is 32.3 Å². The number of carboxylic acids is 1. The lowest BCUT2D eigenvalue weighted by atomic mass is 10.1. The number of carbonyl (C=O) groups excluding carboxylic acids is 2. The Morgan fingerprint density at radius 3 is 2.30 bits per heavy atom. The predicted octanol–water partition coefficient (Wildman–Crippen LogP) is 0.507. The molecule has 0 radical (unpaired) electrons. The van der Waals surface area contributed by atoms with E-state index in [0.717, 1.165) is 12.1 Å². The molecule has 0 aromatic heterocycles. The minimum atomic E-state index is -4.39. The minimum absolute atomic E-state index is 0. The number of carbonyl (C=O) groups is 3. The van der Waals surface area contributed by atoms with Crippen LogP contribution in [0.25, 0.3) is 0 Å². The molecule has 1 rings (SSSR count). The SMILES string of the molecule is Br.CCOC(=O)c1cc(N(CC(=O)O)C(=O)[C@H](C)N)c(Cl)c(S(N)(=O)=O)c1. The van der Waals surface area contributed by atoms with E-state index in [1.165, 1.54) is 13.8 Å². The van der Waals surface area contributed by atoms with Crippen LogP contribution in [-0.4, -0.2) is 50.6 Å². The number of benzene rings is 1. The fourth-order valence-electron chi connectivity index (χ4n) is 1.98. The summed E-state index contributed by atoms with van der Waals surface area (Å²) in [6.45, 7) is 1.97. The zero-order valence-electron chi connectivity index (χ0n) is 14.3. The average molecular weight is 489 g/mol. The zero-order chi connectivity index (χ0) is 20.2. The molecule has 13 heteroatoms. The van der Waals surface area contributed by atoms with E-state index < -0.39 is 50.4 Å². The number of esters is 1. The molecule has 0 heterocycles. The van der Waals surface area contributed by atoms with E-state index in [1.807, 2.05) is 0 Å². The largest absolute Gasteiger partial charge is 0.480 e. The van der Waals surface area contributed by atoms with Crippen molar-refractivity contribution in [1.29, 1.82) is 0 Å². The summed E-state index contributed by atoms with van der Waals surface area (Å²) in [5.74, 6) is -3.16. The van der Waals surface area contributed by atoms with Gasteiger partial charge in [0.2, 0.25) is 15.9 Å². The molecule has 0 fully saturated rings. The minimum Gasteiger partial charge on any atom is -0.480 e. The second kappa shape index (κ2) is 9.99. The summed E-state index contributed by atoms with van der Waals surface area (Å²) < 4.78 is 28.4. The van der Waals surface area contributed by atoms with Gasteiger partial charge in [0.15, 0.2) is 0 Å².